The number of hydrogen-bond donors (Lipinski definition) is 3. The largest absolute Gasteiger partial charge is 0.496 e. The number of aromatic carboxylic acids is 1. The zero-order valence-corrected chi connectivity index (χ0v) is 21.0. The highest BCUT2D eigenvalue weighted by Crippen LogP contribution is 2.32. The van der Waals surface area contributed by atoms with Gasteiger partial charge in [0.1, 0.15) is 22.7 Å². The first-order chi connectivity index (χ1) is 18.2. The number of para-hydroxylation sites is 1. The number of hydrogen-bond acceptors (Lipinski definition) is 8. The third-order valence-electron chi connectivity index (χ3n) is 5.70. The number of carbonyl (C=O) groups is 3. The van der Waals surface area contributed by atoms with Gasteiger partial charge >= 0.3 is 17.8 Å². The van der Waals surface area contributed by atoms with Crippen molar-refractivity contribution in [3.8, 4) is 22.8 Å². The van der Waals surface area contributed by atoms with Crippen molar-refractivity contribution in [1.29, 1.82) is 0 Å². The van der Waals surface area contributed by atoms with E-state index in [1.165, 1.54) is 19.6 Å². The number of oxazole rings is 1. The number of aromatic nitrogens is 2. The number of carboxylic acids is 1. The van der Waals surface area contributed by atoms with Gasteiger partial charge in [0.25, 0.3) is 0 Å². The zero-order chi connectivity index (χ0) is 27.3. The molecule has 0 aliphatic carbocycles. The molecule has 0 atom stereocenters. The highest BCUT2D eigenvalue weighted by Gasteiger charge is 2.25. The fourth-order valence-electron chi connectivity index (χ4n) is 3.71. The first-order valence-corrected chi connectivity index (χ1v) is 11.6. The highest BCUT2D eigenvalue weighted by atomic mass is 16.5. The summed E-state index contributed by atoms with van der Waals surface area (Å²) in [7, 11) is 1.48. The van der Waals surface area contributed by atoms with E-state index in [0.717, 1.165) is 5.39 Å². The van der Waals surface area contributed by atoms with Crippen LogP contribution in [0.25, 0.3) is 22.2 Å². The van der Waals surface area contributed by atoms with E-state index in [0.29, 0.717) is 40.4 Å². The van der Waals surface area contributed by atoms with Crippen LogP contribution in [-0.4, -0.2) is 52.1 Å². The molecule has 0 bridgehead atoms. The number of pyridine rings is 1. The molecule has 0 spiro atoms. The van der Waals surface area contributed by atoms with Gasteiger partial charge in [-0.15, -0.1) is 0 Å². The fourth-order valence-corrected chi connectivity index (χ4v) is 3.71. The second kappa shape index (κ2) is 11.0. The lowest BCUT2D eigenvalue weighted by Crippen LogP contribution is -2.48. The van der Waals surface area contributed by atoms with Gasteiger partial charge in [-0.3, -0.25) is 9.59 Å². The molecule has 4 aromatic rings. The van der Waals surface area contributed by atoms with Crippen LogP contribution in [0.1, 0.15) is 30.8 Å². The van der Waals surface area contributed by atoms with Gasteiger partial charge in [-0.2, -0.15) is 0 Å². The number of ether oxygens (including phenoxy) is 2. The van der Waals surface area contributed by atoms with Gasteiger partial charge in [0.15, 0.2) is 12.2 Å². The Bertz CT molecular complexity index is 1480. The predicted molar refractivity (Wildman–Crippen MR) is 138 cm³/mol. The number of anilines is 1. The number of amides is 2. The Morgan fingerprint density at radius 1 is 1.05 bits per heavy atom. The molecule has 4 rings (SSSR count). The van der Waals surface area contributed by atoms with Crippen molar-refractivity contribution in [3.05, 3.63) is 66.8 Å². The molecule has 2 amide bonds. The summed E-state index contributed by atoms with van der Waals surface area (Å²) in [5.41, 5.74) is 0.576. The number of nitrogens with one attached hydrogen (secondary N) is 2. The quantitative estimate of drug-likeness (QED) is 0.280. The van der Waals surface area contributed by atoms with Crippen LogP contribution in [0.5, 0.6) is 11.5 Å². The summed E-state index contributed by atoms with van der Waals surface area (Å²) in [5, 5.41) is 15.2. The molecule has 0 unspecified atom stereocenters. The minimum atomic E-state index is -1.13. The van der Waals surface area contributed by atoms with Crippen molar-refractivity contribution < 1.29 is 33.4 Å². The summed E-state index contributed by atoms with van der Waals surface area (Å²) in [4.78, 5) is 44.5. The molecule has 38 heavy (non-hydrogen) atoms. The number of benzene rings is 2. The van der Waals surface area contributed by atoms with E-state index in [2.05, 4.69) is 20.6 Å². The van der Waals surface area contributed by atoms with Gasteiger partial charge in [-0.05, 0) is 38.1 Å². The van der Waals surface area contributed by atoms with Crippen LogP contribution >= 0.6 is 0 Å². The van der Waals surface area contributed by atoms with Crippen LogP contribution in [-0.2, 0) is 9.59 Å². The molecule has 11 heteroatoms. The second-order valence-electron chi connectivity index (χ2n) is 9.00. The summed E-state index contributed by atoms with van der Waals surface area (Å²) >= 11 is 0. The topological polar surface area (TPSA) is 153 Å². The third-order valence-corrected chi connectivity index (χ3v) is 5.70. The Hall–Kier alpha value is -4.93. The Kier molecular flexibility index (Phi) is 7.56. The molecular weight excluding hydrogens is 492 g/mol. The molecule has 196 valence electrons. The van der Waals surface area contributed by atoms with Gasteiger partial charge in [-0.1, -0.05) is 18.2 Å². The zero-order valence-electron chi connectivity index (χ0n) is 21.0. The fraction of sp³-hybridized carbons (Fsp3) is 0.222. The van der Waals surface area contributed by atoms with Crippen molar-refractivity contribution in [2.75, 3.05) is 19.0 Å². The van der Waals surface area contributed by atoms with E-state index in [4.69, 9.17) is 13.9 Å². The van der Waals surface area contributed by atoms with E-state index < -0.39 is 23.3 Å². The van der Waals surface area contributed by atoms with Crippen molar-refractivity contribution in [2.45, 2.75) is 25.8 Å². The standard InChI is InChI=1S/C27H26N4O7/c1-27(2,11-12-37-20-6-4-5-16-7-10-19(26(34)35)30-23(16)20)31-25(33)24(32)29-17-8-9-18(21(13-17)36-3)22-14-28-15-38-22/h4-10,13-15H,11-12H2,1-3H3,(H,29,32)(H,31,33)(H,34,35). The molecular formula is C27H26N4O7. The molecule has 2 aromatic heterocycles. The normalized spacial score (nSPS) is 11.1. The summed E-state index contributed by atoms with van der Waals surface area (Å²) in [6.45, 7) is 3.72. The Morgan fingerprint density at radius 3 is 2.58 bits per heavy atom. The van der Waals surface area contributed by atoms with Gasteiger partial charge in [0.2, 0.25) is 0 Å². The van der Waals surface area contributed by atoms with Crippen molar-refractivity contribution in [2.24, 2.45) is 0 Å². The van der Waals surface area contributed by atoms with Crippen LogP contribution < -0.4 is 20.1 Å². The smallest absolute Gasteiger partial charge is 0.354 e. The predicted octanol–water partition coefficient (Wildman–Crippen LogP) is 3.90. The lowest BCUT2D eigenvalue weighted by Gasteiger charge is -2.26. The van der Waals surface area contributed by atoms with Gasteiger partial charge in [0, 0.05) is 29.1 Å². The van der Waals surface area contributed by atoms with Gasteiger partial charge in [-0.25, -0.2) is 14.8 Å². The summed E-state index contributed by atoms with van der Waals surface area (Å²) in [6, 6.07) is 13.3. The first-order valence-electron chi connectivity index (χ1n) is 11.6. The molecule has 0 saturated heterocycles. The monoisotopic (exact) mass is 518 g/mol. The minimum absolute atomic E-state index is 0.0858. The van der Waals surface area contributed by atoms with Crippen LogP contribution in [0.2, 0.25) is 0 Å². The van der Waals surface area contributed by atoms with E-state index >= 15 is 0 Å². The number of rotatable bonds is 9. The first kappa shape index (κ1) is 26.1. The van der Waals surface area contributed by atoms with Crippen LogP contribution in [0.3, 0.4) is 0 Å². The molecule has 3 N–H and O–H groups in total. The summed E-state index contributed by atoms with van der Waals surface area (Å²) in [5.74, 6) is -1.42. The molecule has 11 nitrogen and oxygen atoms in total. The maximum atomic E-state index is 12.6. The molecule has 0 radical (unpaired) electrons. The molecule has 0 saturated carbocycles. The molecule has 0 aliphatic heterocycles. The van der Waals surface area contributed by atoms with Crippen LogP contribution in [0.15, 0.2) is 65.5 Å². The van der Waals surface area contributed by atoms with Gasteiger partial charge in [0.05, 0.1) is 25.5 Å². The average Bonchev–Trinajstić information content (AvgIpc) is 3.43. The maximum Gasteiger partial charge on any atom is 0.354 e. The number of fused-ring (bicyclic) bond motifs is 1. The van der Waals surface area contributed by atoms with Crippen molar-refractivity contribution in [3.63, 3.8) is 0 Å². The SMILES string of the molecule is COc1cc(NC(=O)C(=O)NC(C)(C)CCOc2cccc3ccc(C(=O)O)nc23)ccc1-c1cnco1. The Balaban J connectivity index is 1.35. The number of carboxylic acid groups (broad SMARTS) is 1. The molecule has 0 aliphatic rings. The molecule has 2 aromatic carbocycles. The second-order valence-corrected chi connectivity index (χ2v) is 9.00. The van der Waals surface area contributed by atoms with Crippen molar-refractivity contribution >= 4 is 34.4 Å². The Labute approximate surface area is 217 Å². The molecule has 2 heterocycles. The lowest BCUT2D eigenvalue weighted by atomic mass is 10.0. The highest BCUT2D eigenvalue weighted by molar-refractivity contribution is 6.39. The average molecular weight is 519 g/mol. The Morgan fingerprint density at radius 2 is 1.87 bits per heavy atom. The van der Waals surface area contributed by atoms with E-state index in [1.807, 2.05) is 0 Å². The van der Waals surface area contributed by atoms with E-state index in [1.54, 1.807) is 62.5 Å². The number of methoxy groups -OCH3 is 1. The third kappa shape index (κ3) is 6.06. The van der Waals surface area contributed by atoms with Crippen LogP contribution in [0, 0.1) is 0 Å². The number of carbonyl (C=O) groups excluding carboxylic acids is 2. The molecule has 0 fully saturated rings. The summed E-state index contributed by atoms with van der Waals surface area (Å²) in [6.07, 6.45) is 3.20. The minimum Gasteiger partial charge on any atom is -0.496 e. The van der Waals surface area contributed by atoms with Gasteiger partial charge < -0.3 is 29.6 Å². The van der Waals surface area contributed by atoms with E-state index in [-0.39, 0.29) is 12.3 Å². The van der Waals surface area contributed by atoms with Crippen LogP contribution in [0.4, 0.5) is 5.69 Å². The van der Waals surface area contributed by atoms with Crippen molar-refractivity contribution in [1.82, 2.24) is 15.3 Å². The maximum absolute atomic E-state index is 12.6. The summed E-state index contributed by atoms with van der Waals surface area (Å²) < 4.78 is 16.5. The lowest BCUT2D eigenvalue weighted by molar-refractivity contribution is -0.137. The van der Waals surface area contributed by atoms with E-state index in [9.17, 15) is 19.5 Å². The number of nitrogens with zero attached hydrogens (tertiary/aromatic N) is 2.